The Kier molecular flexibility index (Phi) is 3.74. The van der Waals surface area contributed by atoms with E-state index in [9.17, 15) is 8.42 Å². The maximum absolute atomic E-state index is 11.6. The van der Waals surface area contributed by atoms with Crippen molar-refractivity contribution in [1.29, 1.82) is 0 Å². The van der Waals surface area contributed by atoms with E-state index in [1.807, 2.05) is 0 Å². The van der Waals surface area contributed by atoms with Crippen molar-refractivity contribution >= 4 is 27.7 Å². The van der Waals surface area contributed by atoms with Crippen molar-refractivity contribution < 1.29 is 8.42 Å². The van der Waals surface area contributed by atoms with Crippen LogP contribution in [0.1, 0.15) is 12.8 Å². The molecule has 1 aromatic rings. The lowest BCUT2D eigenvalue weighted by molar-refractivity contribution is 0.561. The van der Waals surface area contributed by atoms with Crippen LogP contribution in [-0.2, 0) is 9.84 Å². The first kappa shape index (κ1) is 13.8. The average Bonchev–Trinajstić information content (AvgIpc) is 2.26. The standard InChI is InChI=1S/C10H18N6O2S/c1-16(2)10-14-8(11)13-9(15-10)12-7-4-3-5-19(17,18)6-7/h7H,3-6H2,1-2H3,(H3,11,12,13,14,15). The predicted molar refractivity (Wildman–Crippen MR) is 73.9 cm³/mol. The van der Waals surface area contributed by atoms with Gasteiger partial charge in [0.2, 0.25) is 17.8 Å². The third-order valence-electron chi connectivity index (χ3n) is 2.84. The molecule has 1 aliphatic heterocycles. The van der Waals surface area contributed by atoms with Gasteiger partial charge in [-0.15, -0.1) is 0 Å². The first-order valence-electron chi connectivity index (χ1n) is 6.01. The summed E-state index contributed by atoms with van der Waals surface area (Å²) < 4.78 is 23.1. The number of anilines is 3. The molecule has 1 unspecified atom stereocenters. The fourth-order valence-corrected chi connectivity index (χ4v) is 3.60. The van der Waals surface area contributed by atoms with E-state index in [0.29, 0.717) is 18.3 Å². The number of hydrogen-bond acceptors (Lipinski definition) is 8. The number of nitrogens with zero attached hydrogens (tertiary/aromatic N) is 4. The molecule has 0 radical (unpaired) electrons. The number of nitrogens with two attached hydrogens (primary N) is 1. The van der Waals surface area contributed by atoms with Crippen molar-refractivity contribution in [3.8, 4) is 0 Å². The Bertz CT molecular complexity index is 559. The molecule has 0 aliphatic carbocycles. The van der Waals surface area contributed by atoms with Crippen LogP contribution in [-0.4, -0.2) is 55.0 Å². The molecule has 106 valence electrons. The van der Waals surface area contributed by atoms with Crippen LogP contribution in [0.15, 0.2) is 0 Å². The maximum Gasteiger partial charge on any atom is 0.231 e. The monoisotopic (exact) mass is 286 g/mol. The minimum atomic E-state index is -2.96. The number of rotatable bonds is 3. The highest BCUT2D eigenvalue weighted by Gasteiger charge is 2.25. The summed E-state index contributed by atoms with van der Waals surface area (Å²) >= 11 is 0. The summed E-state index contributed by atoms with van der Waals surface area (Å²) in [5.41, 5.74) is 5.61. The fourth-order valence-electron chi connectivity index (χ4n) is 1.96. The van der Waals surface area contributed by atoms with Crippen LogP contribution in [0.5, 0.6) is 0 Å². The molecule has 8 nitrogen and oxygen atoms in total. The van der Waals surface area contributed by atoms with Gasteiger partial charge >= 0.3 is 0 Å². The molecule has 1 atom stereocenters. The topological polar surface area (TPSA) is 114 Å². The van der Waals surface area contributed by atoms with E-state index < -0.39 is 9.84 Å². The lowest BCUT2D eigenvalue weighted by Crippen LogP contribution is -2.35. The van der Waals surface area contributed by atoms with Crippen LogP contribution in [0.25, 0.3) is 0 Å². The Morgan fingerprint density at radius 3 is 2.68 bits per heavy atom. The van der Waals surface area contributed by atoms with Crippen LogP contribution >= 0.6 is 0 Å². The summed E-state index contributed by atoms with van der Waals surface area (Å²) in [6, 6.07) is -0.171. The Labute approximate surface area is 112 Å². The summed E-state index contributed by atoms with van der Waals surface area (Å²) in [7, 11) is 0.627. The van der Waals surface area contributed by atoms with Gasteiger partial charge in [-0.2, -0.15) is 15.0 Å². The Balaban J connectivity index is 2.14. The van der Waals surface area contributed by atoms with E-state index in [0.717, 1.165) is 6.42 Å². The Hall–Kier alpha value is -1.64. The summed E-state index contributed by atoms with van der Waals surface area (Å²) in [6.45, 7) is 0. The van der Waals surface area contributed by atoms with E-state index >= 15 is 0 Å². The van der Waals surface area contributed by atoms with Gasteiger partial charge in [-0.25, -0.2) is 8.42 Å². The van der Waals surface area contributed by atoms with Gasteiger partial charge in [0, 0.05) is 20.1 Å². The molecular weight excluding hydrogens is 268 g/mol. The van der Waals surface area contributed by atoms with Gasteiger partial charge in [0.05, 0.1) is 11.5 Å². The van der Waals surface area contributed by atoms with Crippen molar-refractivity contribution in [2.24, 2.45) is 0 Å². The van der Waals surface area contributed by atoms with Crippen LogP contribution in [0.4, 0.5) is 17.8 Å². The normalized spacial score (nSPS) is 21.9. The van der Waals surface area contributed by atoms with Gasteiger partial charge in [0.25, 0.3) is 0 Å². The zero-order valence-electron chi connectivity index (χ0n) is 11.0. The molecule has 19 heavy (non-hydrogen) atoms. The summed E-state index contributed by atoms with van der Waals surface area (Å²) in [5.74, 6) is 1.23. The van der Waals surface area contributed by atoms with E-state index in [-0.39, 0.29) is 23.5 Å². The van der Waals surface area contributed by atoms with Crippen LogP contribution < -0.4 is 16.0 Å². The van der Waals surface area contributed by atoms with Crippen LogP contribution in [0.2, 0.25) is 0 Å². The van der Waals surface area contributed by atoms with Crippen molar-refractivity contribution in [2.75, 3.05) is 41.6 Å². The largest absolute Gasteiger partial charge is 0.368 e. The van der Waals surface area contributed by atoms with Gasteiger partial charge in [-0.05, 0) is 12.8 Å². The molecule has 0 spiro atoms. The van der Waals surface area contributed by atoms with E-state index in [2.05, 4.69) is 20.3 Å². The van der Waals surface area contributed by atoms with Crippen molar-refractivity contribution in [2.45, 2.75) is 18.9 Å². The quantitative estimate of drug-likeness (QED) is 0.765. The van der Waals surface area contributed by atoms with Crippen molar-refractivity contribution in [3.05, 3.63) is 0 Å². The van der Waals surface area contributed by atoms with E-state index in [1.165, 1.54) is 0 Å². The third-order valence-corrected chi connectivity index (χ3v) is 4.66. The van der Waals surface area contributed by atoms with E-state index in [1.54, 1.807) is 19.0 Å². The highest BCUT2D eigenvalue weighted by Crippen LogP contribution is 2.17. The lowest BCUT2D eigenvalue weighted by Gasteiger charge is -2.23. The fraction of sp³-hybridized carbons (Fsp3) is 0.700. The Morgan fingerprint density at radius 2 is 2.05 bits per heavy atom. The zero-order chi connectivity index (χ0) is 14.0. The van der Waals surface area contributed by atoms with Crippen molar-refractivity contribution in [1.82, 2.24) is 15.0 Å². The molecule has 9 heteroatoms. The smallest absolute Gasteiger partial charge is 0.231 e. The number of nitrogens with one attached hydrogen (secondary N) is 1. The van der Waals surface area contributed by atoms with Crippen LogP contribution in [0.3, 0.4) is 0 Å². The lowest BCUT2D eigenvalue weighted by atomic mass is 10.2. The molecule has 1 aromatic heterocycles. The molecule has 0 amide bonds. The Morgan fingerprint density at radius 1 is 1.32 bits per heavy atom. The summed E-state index contributed by atoms with van der Waals surface area (Å²) in [5, 5.41) is 3.02. The molecule has 1 fully saturated rings. The maximum atomic E-state index is 11.6. The van der Waals surface area contributed by atoms with Gasteiger partial charge in [0.1, 0.15) is 0 Å². The predicted octanol–water partition coefficient (Wildman–Crippen LogP) is -0.491. The third kappa shape index (κ3) is 3.66. The minimum absolute atomic E-state index is 0.107. The first-order chi connectivity index (χ1) is 8.85. The molecule has 0 aromatic carbocycles. The van der Waals surface area contributed by atoms with Gasteiger partial charge in [-0.3, -0.25) is 0 Å². The number of nitrogen functional groups attached to an aromatic ring is 1. The molecular formula is C10H18N6O2S. The first-order valence-corrected chi connectivity index (χ1v) is 7.84. The molecule has 0 saturated carbocycles. The summed E-state index contributed by atoms with van der Waals surface area (Å²) in [6.07, 6.45) is 1.43. The number of sulfone groups is 1. The zero-order valence-corrected chi connectivity index (χ0v) is 11.8. The molecule has 1 aliphatic rings. The minimum Gasteiger partial charge on any atom is -0.368 e. The highest BCUT2D eigenvalue weighted by atomic mass is 32.2. The second kappa shape index (κ2) is 5.16. The average molecular weight is 286 g/mol. The molecule has 2 rings (SSSR count). The highest BCUT2D eigenvalue weighted by molar-refractivity contribution is 7.91. The number of hydrogen-bond donors (Lipinski definition) is 2. The SMILES string of the molecule is CN(C)c1nc(N)nc(NC2CCCS(=O)(=O)C2)n1. The van der Waals surface area contributed by atoms with Crippen LogP contribution in [0, 0.1) is 0 Å². The summed E-state index contributed by atoms with van der Waals surface area (Å²) in [4.78, 5) is 13.9. The van der Waals surface area contributed by atoms with Crippen molar-refractivity contribution in [3.63, 3.8) is 0 Å². The molecule has 1 saturated heterocycles. The molecule has 0 bridgehead atoms. The second-order valence-corrected chi connectivity index (χ2v) is 7.04. The number of aromatic nitrogens is 3. The molecule has 2 heterocycles. The van der Waals surface area contributed by atoms with Gasteiger partial charge in [0.15, 0.2) is 9.84 Å². The molecule has 3 N–H and O–H groups in total. The second-order valence-electron chi connectivity index (χ2n) is 4.81. The van der Waals surface area contributed by atoms with Gasteiger partial charge < -0.3 is 16.0 Å². The van der Waals surface area contributed by atoms with E-state index in [4.69, 9.17) is 5.73 Å². The van der Waals surface area contributed by atoms with Gasteiger partial charge in [-0.1, -0.05) is 0 Å².